The monoisotopic (exact) mass is 302 g/mol. The van der Waals surface area contributed by atoms with E-state index in [0.717, 1.165) is 19.6 Å². The van der Waals surface area contributed by atoms with Gasteiger partial charge in [0.15, 0.2) is 0 Å². The van der Waals surface area contributed by atoms with Crippen LogP contribution >= 0.6 is 0 Å². The molecule has 0 aromatic carbocycles. The number of rotatable bonds is 0. The quantitative estimate of drug-likeness (QED) is 0.455. The summed E-state index contributed by atoms with van der Waals surface area (Å²) in [5, 5.41) is 8.10. The molecule has 0 aromatic rings. The summed E-state index contributed by atoms with van der Waals surface area (Å²) in [6.45, 7) is 9.75. The van der Waals surface area contributed by atoms with Crippen LogP contribution < -0.4 is 30.1 Å². The molecule has 1 aliphatic heterocycles. The maximum atomic E-state index is 4.61. The molecular formula is C10H22Cl2N3Ti. The van der Waals surface area contributed by atoms with Crippen molar-refractivity contribution in [2.45, 2.75) is 38.9 Å². The van der Waals surface area contributed by atoms with E-state index in [4.69, 9.17) is 0 Å². The van der Waals surface area contributed by atoms with E-state index in [1.165, 1.54) is 0 Å². The smallest absolute Gasteiger partial charge is 1.00 e. The second kappa shape index (κ2) is 11.3. The number of likely N-dealkylation sites (N-methyl/N-ethyl adjacent to an activating group) is 1. The third-order valence-corrected chi connectivity index (χ3v) is 2.76. The van der Waals surface area contributed by atoms with E-state index >= 15 is 0 Å². The summed E-state index contributed by atoms with van der Waals surface area (Å²) in [7, 11) is 2.17. The maximum absolute atomic E-state index is 4.61. The van der Waals surface area contributed by atoms with Gasteiger partial charge in [-0.1, -0.05) is 13.8 Å². The van der Waals surface area contributed by atoms with E-state index < -0.39 is 0 Å². The minimum absolute atomic E-state index is 0. The molecule has 1 saturated heterocycles. The largest absolute Gasteiger partial charge is 3.00 e. The predicted molar refractivity (Wildman–Crippen MR) is 57.2 cm³/mol. The summed E-state index contributed by atoms with van der Waals surface area (Å²) in [6.07, 6.45) is 0. The van der Waals surface area contributed by atoms with Gasteiger partial charge in [0.2, 0.25) is 0 Å². The minimum atomic E-state index is 0. The Hall–Kier alpha value is 1.17. The Bertz CT molecular complexity index is 163. The molecule has 1 N–H and O–H groups in total. The first-order chi connectivity index (χ1) is 6.09. The first kappa shape index (κ1) is 22.4. The average Bonchev–Trinajstić information content (AvgIpc) is 2.13. The molecule has 0 saturated carbocycles. The first-order valence-corrected chi connectivity index (χ1v) is 5.20. The van der Waals surface area contributed by atoms with Gasteiger partial charge in [-0.2, -0.15) is 0 Å². The zero-order valence-corrected chi connectivity index (χ0v) is 13.6. The van der Waals surface area contributed by atoms with Crippen molar-refractivity contribution in [3.8, 4) is 0 Å². The molecule has 0 aromatic heterocycles. The van der Waals surface area contributed by atoms with Gasteiger partial charge < -0.3 is 40.3 Å². The van der Waals surface area contributed by atoms with Crippen LogP contribution in [0.25, 0.3) is 5.32 Å². The molecule has 0 aliphatic carbocycles. The van der Waals surface area contributed by atoms with Crippen LogP contribution in [0.15, 0.2) is 0 Å². The van der Waals surface area contributed by atoms with Gasteiger partial charge in [-0.25, -0.2) is 0 Å². The number of nitrogens with one attached hydrogen (secondary N) is 1. The molecule has 1 heterocycles. The SMILES string of the molecule is CC1CNC(C)CN(C)C(C)C[N-]1.[Cl-].[Cl-].[Ti+3]. The van der Waals surface area contributed by atoms with Gasteiger partial charge in [0, 0.05) is 12.6 Å². The topological polar surface area (TPSA) is 29.4 Å². The Morgan fingerprint density at radius 2 is 1.75 bits per heavy atom. The molecule has 1 fully saturated rings. The van der Waals surface area contributed by atoms with E-state index in [-0.39, 0.29) is 46.5 Å². The van der Waals surface area contributed by atoms with Crippen LogP contribution in [0.1, 0.15) is 20.8 Å². The minimum Gasteiger partial charge on any atom is -1.00 e. The molecule has 6 heteroatoms. The summed E-state index contributed by atoms with van der Waals surface area (Å²) < 4.78 is 0. The van der Waals surface area contributed by atoms with Crippen molar-refractivity contribution in [1.82, 2.24) is 10.2 Å². The van der Waals surface area contributed by atoms with Crippen molar-refractivity contribution in [2.24, 2.45) is 0 Å². The fraction of sp³-hybridized carbons (Fsp3) is 1.00. The standard InChI is InChI=1S/C10H22N3.2ClH.Ti/c1-8-5-11-9(2)7-13(4)10(3)6-12-8;;;/h8-11H,5-7H2,1-4H3;2*1H;/q-1;;;+3/p-2. The van der Waals surface area contributed by atoms with Gasteiger partial charge in [-0.3, -0.25) is 0 Å². The van der Waals surface area contributed by atoms with Gasteiger partial charge in [0.25, 0.3) is 0 Å². The van der Waals surface area contributed by atoms with Gasteiger partial charge in [0.05, 0.1) is 0 Å². The van der Waals surface area contributed by atoms with Crippen LogP contribution in [-0.2, 0) is 21.7 Å². The summed E-state index contributed by atoms with van der Waals surface area (Å²) in [6, 6.07) is 1.60. The van der Waals surface area contributed by atoms with Crippen LogP contribution in [0.4, 0.5) is 0 Å². The van der Waals surface area contributed by atoms with E-state index in [0.29, 0.717) is 18.1 Å². The Morgan fingerprint density at radius 1 is 1.19 bits per heavy atom. The fourth-order valence-electron chi connectivity index (χ4n) is 1.58. The Morgan fingerprint density at radius 3 is 2.31 bits per heavy atom. The van der Waals surface area contributed by atoms with Crippen LogP contribution in [0.5, 0.6) is 0 Å². The molecular weight excluding hydrogens is 281 g/mol. The molecule has 0 spiro atoms. The van der Waals surface area contributed by atoms with Crippen molar-refractivity contribution in [1.29, 1.82) is 0 Å². The van der Waals surface area contributed by atoms with Crippen molar-refractivity contribution in [2.75, 3.05) is 26.7 Å². The summed E-state index contributed by atoms with van der Waals surface area (Å²) >= 11 is 0. The number of hydrogen-bond acceptors (Lipinski definition) is 2. The van der Waals surface area contributed by atoms with E-state index in [1.54, 1.807) is 0 Å². The molecule has 1 aliphatic rings. The van der Waals surface area contributed by atoms with Crippen LogP contribution in [0.2, 0.25) is 0 Å². The molecule has 3 nitrogen and oxygen atoms in total. The average molecular weight is 303 g/mol. The molecule has 95 valence electrons. The summed E-state index contributed by atoms with van der Waals surface area (Å²) in [5.74, 6) is 0. The summed E-state index contributed by atoms with van der Waals surface area (Å²) in [4.78, 5) is 2.37. The molecule has 1 radical (unpaired) electrons. The normalized spacial score (nSPS) is 31.9. The number of halogens is 2. The van der Waals surface area contributed by atoms with Crippen LogP contribution in [0, 0.1) is 0 Å². The Kier molecular flexibility index (Phi) is 15.8. The second-order valence-electron chi connectivity index (χ2n) is 4.31. The van der Waals surface area contributed by atoms with E-state index in [2.05, 4.69) is 43.4 Å². The van der Waals surface area contributed by atoms with Crippen LogP contribution in [-0.4, -0.2) is 49.7 Å². The first-order valence-electron chi connectivity index (χ1n) is 5.20. The van der Waals surface area contributed by atoms with Crippen molar-refractivity contribution < 1.29 is 46.5 Å². The third-order valence-electron chi connectivity index (χ3n) is 2.76. The Labute approximate surface area is 127 Å². The molecule has 0 bridgehead atoms. The zero-order chi connectivity index (χ0) is 9.84. The van der Waals surface area contributed by atoms with E-state index in [1.807, 2.05) is 0 Å². The third kappa shape index (κ3) is 8.29. The van der Waals surface area contributed by atoms with Gasteiger partial charge in [0.1, 0.15) is 0 Å². The molecule has 0 amide bonds. The van der Waals surface area contributed by atoms with Crippen molar-refractivity contribution in [3.63, 3.8) is 0 Å². The fourth-order valence-corrected chi connectivity index (χ4v) is 1.58. The zero-order valence-electron chi connectivity index (χ0n) is 10.5. The van der Waals surface area contributed by atoms with Gasteiger partial charge in [-0.05, 0) is 26.6 Å². The molecule has 3 unspecified atom stereocenters. The maximum Gasteiger partial charge on any atom is 3.00 e. The predicted octanol–water partition coefficient (Wildman–Crippen LogP) is -4.93. The summed E-state index contributed by atoms with van der Waals surface area (Å²) in [5.41, 5.74) is 0. The molecule has 3 atom stereocenters. The second-order valence-corrected chi connectivity index (χ2v) is 4.31. The van der Waals surface area contributed by atoms with Crippen LogP contribution in [0.3, 0.4) is 0 Å². The molecule has 1 rings (SSSR count). The van der Waals surface area contributed by atoms with Crippen molar-refractivity contribution in [3.05, 3.63) is 5.32 Å². The van der Waals surface area contributed by atoms with Gasteiger partial charge in [-0.15, -0.1) is 12.6 Å². The van der Waals surface area contributed by atoms with Gasteiger partial charge >= 0.3 is 21.7 Å². The number of nitrogens with zero attached hydrogens (tertiary/aromatic N) is 2. The van der Waals surface area contributed by atoms with Crippen molar-refractivity contribution >= 4 is 0 Å². The molecule has 16 heavy (non-hydrogen) atoms. The van der Waals surface area contributed by atoms with E-state index in [9.17, 15) is 0 Å². The Balaban J connectivity index is -0.000000563. The number of hydrogen-bond donors (Lipinski definition) is 1.